The first kappa shape index (κ1) is 31.0. The molecule has 0 atom stereocenters. The average Bonchev–Trinajstić information content (AvgIpc) is 3.15. The summed E-state index contributed by atoms with van der Waals surface area (Å²) in [6.07, 6.45) is 1.82. The van der Waals surface area contributed by atoms with Crippen LogP contribution < -0.4 is 0 Å². The molecule has 0 nitrogen and oxygen atoms in total. The Labute approximate surface area is 309 Å². The number of rotatable bonds is 7. The molecule has 2 heteroatoms. The van der Waals surface area contributed by atoms with Gasteiger partial charge in [-0.1, -0.05) is 170 Å². The molecule has 0 bridgehead atoms. The second-order valence-corrected chi connectivity index (χ2v) is 14.3. The number of hydrogen-bond acceptors (Lipinski definition) is 0. The molecular formula is C46H32I2. The van der Waals surface area contributed by atoms with Crippen molar-refractivity contribution in [3.63, 3.8) is 0 Å². The summed E-state index contributed by atoms with van der Waals surface area (Å²) < 4.78 is 2.66. The highest BCUT2D eigenvalue weighted by Gasteiger charge is 2.23. The van der Waals surface area contributed by atoms with Crippen LogP contribution in [0.3, 0.4) is 0 Å². The van der Waals surface area contributed by atoms with Gasteiger partial charge in [-0.15, -0.1) is 0 Å². The lowest BCUT2D eigenvalue weighted by atomic mass is 9.83. The van der Waals surface area contributed by atoms with E-state index in [0.29, 0.717) is 0 Å². The molecule has 0 fully saturated rings. The summed E-state index contributed by atoms with van der Waals surface area (Å²) in [6.45, 7) is 0. The Hall–Kier alpha value is -4.26. The molecule has 0 aliphatic rings. The Morgan fingerprint density at radius 1 is 0.271 bits per heavy atom. The van der Waals surface area contributed by atoms with E-state index in [1.807, 2.05) is 0 Å². The van der Waals surface area contributed by atoms with Gasteiger partial charge >= 0.3 is 0 Å². The molecule has 0 heterocycles. The van der Waals surface area contributed by atoms with Gasteiger partial charge in [0.1, 0.15) is 0 Å². The Morgan fingerprint density at radius 3 is 0.792 bits per heavy atom. The molecule has 0 saturated carbocycles. The fourth-order valence-corrected chi connectivity index (χ4v) is 9.57. The van der Waals surface area contributed by atoms with Gasteiger partial charge in [-0.25, -0.2) is 0 Å². The van der Waals surface area contributed by atoms with E-state index < -0.39 is 0 Å². The van der Waals surface area contributed by atoms with E-state index in [1.54, 1.807) is 0 Å². The van der Waals surface area contributed by atoms with Crippen LogP contribution in [-0.4, -0.2) is 0 Å². The van der Waals surface area contributed by atoms with E-state index in [2.05, 4.69) is 215 Å². The van der Waals surface area contributed by atoms with Crippen molar-refractivity contribution in [1.82, 2.24) is 0 Å². The highest BCUT2D eigenvalue weighted by atomic mass is 127. The van der Waals surface area contributed by atoms with Gasteiger partial charge in [0.2, 0.25) is 0 Å². The zero-order valence-electron chi connectivity index (χ0n) is 26.3. The number of halogens is 2. The minimum Gasteiger partial charge on any atom is -0.0622 e. The molecule has 0 spiro atoms. The molecule has 0 radical (unpaired) electrons. The predicted molar refractivity (Wildman–Crippen MR) is 222 cm³/mol. The SMILES string of the molecule is Ic1c(CCc2c(I)c(-c3ccccc3)c3ccccc3c2-c2ccccc2)c(-c2ccccc2)c2ccccc2c1-c1ccccc1. The molecule has 0 aromatic heterocycles. The van der Waals surface area contributed by atoms with E-state index >= 15 is 0 Å². The van der Waals surface area contributed by atoms with Crippen molar-refractivity contribution in [3.8, 4) is 44.5 Å². The molecule has 8 aromatic carbocycles. The zero-order chi connectivity index (χ0) is 32.5. The standard InChI is InChI=1S/C46H32I2/c47-45-39(41(31-17-5-1-6-18-31)35-25-13-15-27-37(35)43(45)33-21-9-3-10-22-33)29-30-40-42(32-19-7-2-8-20-32)36-26-14-16-28-38(36)44(46(40)48)34-23-11-4-12-24-34/h1-28H,29-30H2. The topological polar surface area (TPSA) is 0 Å². The Balaban J connectivity index is 1.40. The molecule has 0 aliphatic carbocycles. The van der Waals surface area contributed by atoms with Crippen LogP contribution in [0.1, 0.15) is 11.1 Å². The van der Waals surface area contributed by atoms with Gasteiger partial charge in [0.15, 0.2) is 0 Å². The van der Waals surface area contributed by atoms with Crippen LogP contribution in [0.4, 0.5) is 0 Å². The first-order valence-corrected chi connectivity index (χ1v) is 18.5. The molecule has 0 aliphatic heterocycles. The first-order chi connectivity index (χ1) is 23.7. The maximum atomic E-state index is 2.64. The van der Waals surface area contributed by atoms with E-state index in [-0.39, 0.29) is 0 Å². The van der Waals surface area contributed by atoms with Gasteiger partial charge in [0, 0.05) is 18.3 Å². The maximum absolute atomic E-state index is 2.64. The average molecular weight is 839 g/mol. The van der Waals surface area contributed by atoms with Crippen LogP contribution in [-0.2, 0) is 12.8 Å². The highest BCUT2D eigenvalue weighted by molar-refractivity contribution is 14.1. The molecule has 8 aromatic rings. The quantitative estimate of drug-likeness (QED) is 0.140. The van der Waals surface area contributed by atoms with Gasteiger partial charge in [0.05, 0.1) is 0 Å². The second-order valence-electron chi connectivity index (χ2n) is 12.1. The number of benzene rings is 8. The monoisotopic (exact) mass is 838 g/mol. The van der Waals surface area contributed by atoms with Gasteiger partial charge in [-0.2, -0.15) is 0 Å². The summed E-state index contributed by atoms with van der Waals surface area (Å²) >= 11 is 5.29. The van der Waals surface area contributed by atoms with Crippen molar-refractivity contribution in [1.29, 1.82) is 0 Å². The Kier molecular flexibility index (Phi) is 8.85. The third-order valence-electron chi connectivity index (χ3n) is 9.38. The third kappa shape index (κ3) is 5.65. The summed E-state index contributed by atoms with van der Waals surface area (Å²) in [5.74, 6) is 0. The largest absolute Gasteiger partial charge is 0.0622 e. The number of hydrogen-bond donors (Lipinski definition) is 0. The van der Waals surface area contributed by atoms with Crippen LogP contribution in [0.2, 0.25) is 0 Å². The van der Waals surface area contributed by atoms with E-state index in [4.69, 9.17) is 0 Å². The lowest BCUT2D eigenvalue weighted by Crippen LogP contribution is -2.05. The van der Waals surface area contributed by atoms with Crippen molar-refractivity contribution in [3.05, 3.63) is 188 Å². The first-order valence-electron chi connectivity index (χ1n) is 16.4. The normalized spacial score (nSPS) is 11.3. The van der Waals surface area contributed by atoms with Gasteiger partial charge in [0.25, 0.3) is 0 Å². The van der Waals surface area contributed by atoms with Crippen LogP contribution in [0.15, 0.2) is 170 Å². The fourth-order valence-electron chi connectivity index (χ4n) is 7.28. The predicted octanol–water partition coefficient (Wildman–Crippen LogP) is 13.7. The van der Waals surface area contributed by atoms with Crippen LogP contribution in [0.5, 0.6) is 0 Å². The minimum atomic E-state index is 0.912. The van der Waals surface area contributed by atoms with E-state index in [0.717, 1.165) is 12.8 Å². The zero-order valence-corrected chi connectivity index (χ0v) is 30.7. The molecular weight excluding hydrogens is 806 g/mol. The smallest absolute Gasteiger partial charge is 0.0253 e. The summed E-state index contributed by atoms with van der Waals surface area (Å²) in [4.78, 5) is 0. The summed E-state index contributed by atoms with van der Waals surface area (Å²) in [5, 5.41) is 5.21. The van der Waals surface area contributed by atoms with E-state index in [9.17, 15) is 0 Å². The number of fused-ring (bicyclic) bond motifs is 2. The third-order valence-corrected chi connectivity index (χ3v) is 11.8. The summed E-state index contributed by atoms with van der Waals surface area (Å²) in [6, 6.07) is 61.7. The summed E-state index contributed by atoms with van der Waals surface area (Å²) in [5.41, 5.74) is 13.2. The van der Waals surface area contributed by atoms with Gasteiger partial charge < -0.3 is 0 Å². The van der Waals surface area contributed by atoms with Crippen molar-refractivity contribution >= 4 is 66.7 Å². The molecule has 8 rings (SSSR count). The minimum absolute atomic E-state index is 0.912. The molecule has 0 amide bonds. The maximum Gasteiger partial charge on any atom is 0.0253 e. The summed E-state index contributed by atoms with van der Waals surface area (Å²) in [7, 11) is 0. The van der Waals surface area contributed by atoms with Crippen molar-refractivity contribution < 1.29 is 0 Å². The highest BCUT2D eigenvalue weighted by Crippen LogP contribution is 2.46. The molecule has 48 heavy (non-hydrogen) atoms. The second kappa shape index (κ2) is 13.7. The van der Waals surface area contributed by atoms with Crippen LogP contribution >= 0.6 is 45.2 Å². The van der Waals surface area contributed by atoms with Crippen LogP contribution in [0.25, 0.3) is 66.1 Å². The Morgan fingerprint density at radius 2 is 0.500 bits per heavy atom. The fraction of sp³-hybridized carbons (Fsp3) is 0.0435. The molecule has 230 valence electrons. The van der Waals surface area contributed by atoms with E-state index in [1.165, 1.54) is 84.3 Å². The van der Waals surface area contributed by atoms with Gasteiger partial charge in [-0.3, -0.25) is 0 Å². The lowest BCUT2D eigenvalue weighted by molar-refractivity contribution is 0.956. The van der Waals surface area contributed by atoms with Crippen molar-refractivity contribution in [2.24, 2.45) is 0 Å². The van der Waals surface area contributed by atoms with Crippen molar-refractivity contribution in [2.75, 3.05) is 0 Å². The van der Waals surface area contributed by atoms with Gasteiger partial charge in [-0.05, 0) is 124 Å². The molecule has 0 N–H and O–H groups in total. The Bertz CT molecular complexity index is 2210. The lowest BCUT2D eigenvalue weighted by Gasteiger charge is -2.23. The van der Waals surface area contributed by atoms with Crippen molar-refractivity contribution in [2.45, 2.75) is 12.8 Å². The molecule has 0 saturated heterocycles. The molecule has 0 unspecified atom stereocenters. The van der Waals surface area contributed by atoms with Crippen LogP contribution in [0, 0.1) is 7.14 Å².